The van der Waals surface area contributed by atoms with Crippen molar-refractivity contribution in [3.05, 3.63) is 58.2 Å². The van der Waals surface area contributed by atoms with Crippen molar-refractivity contribution in [2.24, 2.45) is 4.99 Å². The highest BCUT2D eigenvalue weighted by atomic mass is 32.1. The van der Waals surface area contributed by atoms with Crippen molar-refractivity contribution in [3.8, 4) is 11.3 Å². The number of nitrogens with zero attached hydrogens (tertiary/aromatic N) is 3. The van der Waals surface area contributed by atoms with Crippen LogP contribution in [0.1, 0.15) is 16.4 Å². The third kappa shape index (κ3) is 5.07. The summed E-state index contributed by atoms with van der Waals surface area (Å²) in [5.74, 6) is 1.07. The van der Waals surface area contributed by atoms with Crippen molar-refractivity contribution in [1.82, 2.24) is 20.8 Å². The number of halogens is 3. The van der Waals surface area contributed by atoms with E-state index in [1.807, 2.05) is 36.4 Å². The third-order valence-electron chi connectivity index (χ3n) is 3.53. The molecular weight excluding hydrogens is 379 g/mol. The van der Waals surface area contributed by atoms with Gasteiger partial charge in [-0.05, 0) is 0 Å². The van der Waals surface area contributed by atoms with Gasteiger partial charge in [0.25, 0.3) is 0 Å². The van der Waals surface area contributed by atoms with Gasteiger partial charge in [-0.25, -0.2) is 4.98 Å². The van der Waals surface area contributed by atoms with E-state index in [-0.39, 0.29) is 6.54 Å². The SMILES string of the molecule is CN=C(NCc1cc(-c2ccccc2)on1)NCc1nc(C(F)(F)F)cs1. The summed E-state index contributed by atoms with van der Waals surface area (Å²) < 4.78 is 43.0. The van der Waals surface area contributed by atoms with Crippen LogP contribution >= 0.6 is 11.3 Å². The molecule has 0 atom stereocenters. The molecule has 10 heteroatoms. The quantitative estimate of drug-likeness (QED) is 0.509. The highest BCUT2D eigenvalue weighted by Crippen LogP contribution is 2.29. The zero-order chi connectivity index (χ0) is 19.3. The summed E-state index contributed by atoms with van der Waals surface area (Å²) in [5, 5.41) is 11.3. The molecule has 0 fully saturated rings. The lowest BCUT2D eigenvalue weighted by Gasteiger charge is -2.09. The lowest BCUT2D eigenvalue weighted by Crippen LogP contribution is -2.36. The zero-order valence-corrected chi connectivity index (χ0v) is 15.1. The molecule has 0 saturated heterocycles. The van der Waals surface area contributed by atoms with E-state index < -0.39 is 11.9 Å². The molecule has 0 radical (unpaired) electrons. The Bertz CT molecular complexity index is 905. The van der Waals surface area contributed by atoms with Gasteiger partial charge in [0.2, 0.25) is 0 Å². The second kappa shape index (κ2) is 8.21. The van der Waals surface area contributed by atoms with Crippen molar-refractivity contribution in [2.75, 3.05) is 7.05 Å². The number of alkyl halides is 3. The summed E-state index contributed by atoms with van der Waals surface area (Å²) in [4.78, 5) is 7.59. The summed E-state index contributed by atoms with van der Waals surface area (Å²) in [6, 6.07) is 11.4. The first-order chi connectivity index (χ1) is 13.0. The van der Waals surface area contributed by atoms with Crippen LogP contribution in [-0.4, -0.2) is 23.1 Å². The fourth-order valence-electron chi connectivity index (χ4n) is 2.21. The largest absolute Gasteiger partial charge is 0.434 e. The van der Waals surface area contributed by atoms with E-state index >= 15 is 0 Å². The number of nitrogens with one attached hydrogen (secondary N) is 2. The van der Waals surface area contributed by atoms with Crippen LogP contribution in [0.5, 0.6) is 0 Å². The minimum Gasteiger partial charge on any atom is -0.356 e. The molecule has 0 saturated carbocycles. The molecule has 0 unspecified atom stereocenters. The standard InChI is InChI=1S/C17H16F3N5OS/c1-21-16(23-9-15-24-14(10-27-15)17(18,19)20)22-8-12-7-13(26-25-12)11-5-3-2-4-6-11/h2-7,10H,8-9H2,1H3,(H2,21,22,23). The first-order valence-electron chi connectivity index (χ1n) is 7.93. The van der Waals surface area contributed by atoms with E-state index in [9.17, 15) is 13.2 Å². The fraction of sp³-hybridized carbons (Fsp3) is 0.235. The Kier molecular flexibility index (Phi) is 5.75. The van der Waals surface area contributed by atoms with E-state index in [2.05, 4.69) is 25.8 Å². The number of hydrogen-bond acceptors (Lipinski definition) is 5. The molecule has 0 aliphatic rings. The second-order valence-corrected chi connectivity index (χ2v) is 6.39. The molecule has 2 heterocycles. The predicted molar refractivity (Wildman–Crippen MR) is 96.1 cm³/mol. The van der Waals surface area contributed by atoms with Crippen molar-refractivity contribution >= 4 is 17.3 Å². The molecule has 6 nitrogen and oxygen atoms in total. The van der Waals surface area contributed by atoms with Crippen LogP contribution in [0.15, 0.2) is 51.3 Å². The highest BCUT2D eigenvalue weighted by molar-refractivity contribution is 7.09. The van der Waals surface area contributed by atoms with E-state index in [0.717, 1.165) is 22.3 Å². The number of benzene rings is 1. The Morgan fingerprint density at radius 1 is 1.19 bits per heavy atom. The average Bonchev–Trinajstić information content (AvgIpc) is 3.32. The van der Waals surface area contributed by atoms with Gasteiger partial charge in [0.05, 0.1) is 13.1 Å². The monoisotopic (exact) mass is 395 g/mol. The summed E-state index contributed by atoms with van der Waals surface area (Å²) in [6.45, 7) is 0.482. The van der Waals surface area contributed by atoms with Gasteiger partial charge in [-0.2, -0.15) is 13.2 Å². The number of thiazole rings is 1. The van der Waals surface area contributed by atoms with Gasteiger partial charge >= 0.3 is 6.18 Å². The molecule has 0 bridgehead atoms. The third-order valence-corrected chi connectivity index (χ3v) is 4.38. The van der Waals surface area contributed by atoms with Crippen LogP contribution < -0.4 is 10.6 Å². The fourth-order valence-corrected chi connectivity index (χ4v) is 2.95. The van der Waals surface area contributed by atoms with Crippen molar-refractivity contribution in [1.29, 1.82) is 0 Å². The topological polar surface area (TPSA) is 75.3 Å². The van der Waals surface area contributed by atoms with Crippen molar-refractivity contribution in [2.45, 2.75) is 19.3 Å². The van der Waals surface area contributed by atoms with Crippen molar-refractivity contribution < 1.29 is 17.7 Å². The molecule has 142 valence electrons. The molecular formula is C17H16F3N5OS. The number of hydrogen-bond donors (Lipinski definition) is 2. The van der Waals surface area contributed by atoms with Gasteiger partial charge in [0.1, 0.15) is 10.7 Å². The number of aliphatic imine (C=N–C) groups is 1. The van der Waals surface area contributed by atoms with Gasteiger partial charge in [0.15, 0.2) is 17.4 Å². The molecule has 27 heavy (non-hydrogen) atoms. The van der Waals surface area contributed by atoms with Gasteiger partial charge < -0.3 is 15.2 Å². The molecule has 0 aliphatic carbocycles. The highest BCUT2D eigenvalue weighted by Gasteiger charge is 2.33. The lowest BCUT2D eigenvalue weighted by atomic mass is 10.2. The summed E-state index contributed by atoms with van der Waals surface area (Å²) in [6.07, 6.45) is -4.43. The first kappa shape index (κ1) is 18.9. The normalized spacial score (nSPS) is 12.2. The van der Waals surface area contributed by atoms with E-state index in [1.165, 1.54) is 0 Å². The Balaban J connectivity index is 1.52. The maximum Gasteiger partial charge on any atom is 0.434 e. The van der Waals surface area contributed by atoms with E-state index in [1.54, 1.807) is 7.05 Å². The molecule has 2 N–H and O–H groups in total. The summed E-state index contributed by atoms with van der Waals surface area (Å²) in [7, 11) is 1.57. The van der Waals surface area contributed by atoms with Crippen molar-refractivity contribution in [3.63, 3.8) is 0 Å². The number of aromatic nitrogens is 2. The Labute approximate surface area is 157 Å². The Hall–Kier alpha value is -2.88. The predicted octanol–water partition coefficient (Wildman–Crippen LogP) is 3.68. The molecule has 3 rings (SSSR count). The van der Waals surface area contributed by atoms with Crippen LogP contribution in [0.25, 0.3) is 11.3 Å². The minimum atomic E-state index is -4.43. The smallest absolute Gasteiger partial charge is 0.356 e. The molecule has 0 amide bonds. The average molecular weight is 395 g/mol. The lowest BCUT2D eigenvalue weighted by molar-refractivity contribution is -0.140. The second-order valence-electron chi connectivity index (χ2n) is 5.45. The Morgan fingerprint density at radius 2 is 1.93 bits per heavy atom. The maximum atomic E-state index is 12.6. The zero-order valence-electron chi connectivity index (χ0n) is 14.2. The molecule has 2 aromatic heterocycles. The summed E-state index contributed by atoms with van der Waals surface area (Å²) >= 11 is 0.941. The Morgan fingerprint density at radius 3 is 2.59 bits per heavy atom. The molecule has 0 aliphatic heterocycles. The van der Waals surface area contributed by atoms with Gasteiger partial charge in [0, 0.05) is 24.1 Å². The molecule has 0 spiro atoms. The van der Waals surface area contributed by atoms with Crippen LogP contribution in [0.2, 0.25) is 0 Å². The van der Waals surface area contributed by atoms with Crippen LogP contribution in [0.4, 0.5) is 13.2 Å². The minimum absolute atomic E-state index is 0.133. The van der Waals surface area contributed by atoms with E-state index in [0.29, 0.717) is 29.0 Å². The molecule has 1 aromatic carbocycles. The number of rotatable bonds is 5. The van der Waals surface area contributed by atoms with Crippen LogP contribution in [0.3, 0.4) is 0 Å². The van der Waals surface area contributed by atoms with Crippen LogP contribution in [0, 0.1) is 0 Å². The van der Waals surface area contributed by atoms with Crippen LogP contribution in [-0.2, 0) is 19.3 Å². The summed E-state index contributed by atoms with van der Waals surface area (Å²) in [5.41, 5.74) is 0.705. The maximum absolute atomic E-state index is 12.6. The number of guanidine groups is 1. The van der Waals surface area contributed by atoms with Gasteiger partial charge in [-0.1, -0.05) is 35.5 Å². The van der Waals surface area contributed by atoms with E-state index in [4.69, 9.17) is 4.52 Å². The molecule has 3 aromatic rings. The van der Waals surface area contributed by atoms with Gasteiger partial charge in [-0.3, -0.25) is 4.99 Å². The first-order valence-corrected chi connectivity index (χ1v) is 8.81. The van der Waals surface area contributed by atoms with Gasteiger partial charge in [-0.15, -0.1) is 11.3 Å².